The van der Waals surface area contributed by atoms with Gasteiger partial charge in [0.15, 0.2) is 23.2 Å². The number of fused-ring (bicyclic) bond motifs is 1. The SMILES string of the molecule is CN(c1nc(Cl)nc2c1ncn2[C@@H]1O[C@H](CCP(=O)(O)CP(=O)(O)O)C(O)C1O)C1CCCC1. The van der Waals surface area contributed by atoms with Gasteiger partial charge in [0.1, 0.15) is 18.1 Å². The number of halogens is 1. The van der Waals surface area contributed by atoms with Crippen LogP contribution in [0.1, 0.15) is 38.3 Å². The van der Waals surface area contributed by atoms with Crippen molar-refractivity contribution in [3.8, 4) is 0 Å². The lowest BCUT2D eigenvalue weighted by Crippen LogP contribution is -2.32. The van der Waals surface area contributed by atoms with E-state index in [0.717, 1.165) is 25.7 Å². The highest BCUT2D eigenvalue weighted by atomic mass is 35.5. The first-order valence-electron chi connectivity index (χ1n) is 10.9. The Morgan fingerprint density at radius 3 is 2.50 bits per heavy atom. The zero-order valence-electron chi connectivity index (χ0n) is 18.4. The number of imidazole rings is 1. The van der Waals surface area contributed by atoms with Gasteiger partial charge in [-0.15, -0.1) is 0 Å². The number of aliphatic hydroxyl groups is 2. The summed E-state index contributed by atoms with van der Waals surface area (Å²) in [4.78, 5) is 42.8. The van der Waals surface area contributed by atoms with E-state index in [0.29, 0.717) is 23.0 Å². The number of anilines is 1. The second-order valence-electron chi connectivity index (χ2n) is 8.90. The summed E-state index contributed by atoms with van der Waals surface area (Å²) in [6.45, 7) is 0. The summed E-state index contributed by atoms with van der Waals surface area (Å²) in [5, 5.41) is 21.1. The number of nitrogens with zero attached hydrogens (tertiary/aromatic N) is 5. The summed E-state index contributed by atoms with van der Waals surface area (Å²) in [5.41, 5.74) is 0.750. The average molecular weight is 540 g/mol. The summed E-state index contributed by atoms with van der Waals surface area (Å²) in [7, 11) is -6.94. The zero-order valence-corrected chi connectivity index (χ0v) is 20.9. The third kappa shape index (κ3) is 5.48. The molecule has 4 rings (SSSR count). The minimum Gasteiger partial charge on any atom is -0.388 e. The van der Waals surface area contributed by atoms with Crippen LogP contribution in [-0.4, -0.2) is 87.9 Å². The average Bonchev–Trinajstić information content (AvgIpc) is 3.45. The lowest BCUT2D eigenvalue weighted by Gasteiger charge is -2.25. The first-order valence-corrected chi connectivity index (χ1v) is 15.1. The fraction of sp³-hybridized carbons (Fsp3) is 0.722. The molecule has 0 amide bonds. The lowest BCUT2D eigenvalue weighted by atomic mass is 10.1. The molecule has 1 saturated heterocycles. The summed E-state index contributed by atoms with van der Waals surface area (Å²) in [6, 6.07) is 0.293. The third-order valence-corrected chi connectivity index (χ3v) is 10.7. The van der Waals surface area contributed by atoms with Crippen molar-refractivity contribution in [2.75, 3.05) is 24.0 Å². The molecule has 0 radical (unpaired) electrons. The highest BCUT2D eigenvalue weighted by Crippen LogP contribution is 2.55. The molecule has 2 aliphatic rings. The minimum atomic E-state index is -4.69. The monoisotopic (exact) mass is 539 g/mol. The van der Waals surface area contributed by atoms with Gasteiger partial charge in [0.05, 0.1) is 12.4 Å². The molecular formula is C18H28ClN5O8P2. The molecule has 1 aliphatic heterocycles. The predicted octanol–water partition coefficient (Wildman–Crippen LogP) is 1.27. The Kier molecular flexibility index (Phi) is 7.42. The van der Waals surface area contributed by atoms with Crippen LogP contribution >= 0.6 is 26.6 Å². The van der Waals surface area contributed by atoms with Gasteiger partial charge in [0.25, 0.3) is 0 Å². The highest BCUT2D eigenvalue weighted by molar-refractivity contribution is 7.72. The van der Waals surface area contributed by atoms with Crippen LogP contribution in [0.4, 0.5) is 5.82 Å². The summed E-state index contributed by atoms with van der Waals surface area (Å²) in [5.74, 6) is -0.614. The van der Waals surface area contributed by atoms with Crippen LogP contribution < -0.4 is 4.90 Å². The van der Waals surface area contributed by atoms with Gasteiger partial charge in [-0.3, -0.25) is 13.7 Å². The van der Waals surface area contributed by atoms with E-state index in [1.165, 1.54) is 10.9 Å². The topological polar surface area (TPSA) is 191 Å². The van der Waals surface area contributed by atoms with Crippen LogP contribution in [-0.2, 0) is 13.9 Å². The number of ether oxygens (including phenoxy) is 1. The molecule has 2 fully saturated rings. The maximum atomic E-state index is 12.1. The van der Waals surface area contributed by atoms with E-state index in [1.807, 2.05) is 11.9 Å². The van der Waals surface area contributed by atoms with Crippen LogP contribution in [0.15, 0.2) is 6.33 Å². The van der Waals surface area contributed by atoms with Crippen LogP contribution in [0.25, 0.3) is 11.2 Å². The Hall–Kier alpha value is -1.14. The molecule has 3 unspecified atom stereocenters. The molecule has 3 heterocycles. The fourth-order valence-electron chi connectivity index (χ4n) is 4.66. The van der Waals surface area contributed by atoms with Crippen LogP contribution in [0.3, 0.4) is 0 Å². The number of rotatable bonds is 8. The minimum absolute atomic E-state index is 0.0164. The molecule has 0 bridgehead atoms. The molecule has 190 valence electrons. The smallest absolute Gasteiger partial charge is 0.335 e. The molecule has 0 aromatic carbocycles. The molecule has 0 spiro atoms. The van der Waals surface area contributed by atoms with Crippen molar-refractivity contribution in [2.24, 2.45) is 0 Å². The normalized spacial score (nSPS) is 28.0. The summed E-state index contributed by atoms with van der Waals surface area (Å²) in [6.07, 6.45) is 0.0360. The van der Waals surface area contributed by atoms with Crippen molar-refractivity contribution < 1.29 is 38.8 Å². The van der Waals surface area contributed by atoms with Crippen molar-refractivity contribution in [3.63, 3.8) is 0 Å². The molecule has 5 N–H and O–H groups in total. The second kappa shape index (κ2) is 9.72. The number of hydrogen-bond acceptors (Lipinski definition) is 9. The molecule has 13 nitrogen and oxygen atoms in total. The van der Waals surface area contributed by atoms with Crippen LogP contribution in [0.5, 0.6) is 0 Å². The van der Waals surface area contributed by atoms with Crippen LogP contribution in [0.2, 0.25) is 5.28 Å². The maximum absolute atomic E-state index is 12.1. The van der Waals surface area contributed by atoms with Gasteiger partial charge in [-0.2, -0.15) is 9.97 Å². The fourth-order valence-corrected chi connectivity index (χ4v) is 8.34. The summed E-state index contributed by atoms with van der Waals surface area (Å²) >= 11 is 6.19. The molecule has 16 heteroatoms. The third-order valence-electron chi connectivity index (χ3n) is 6.36. The molecule has 2 aromatic rings. The van der Waals surface area contributed by atoms with Gasteiger partial charge >= 0.3 is 7.60 Å². The first kappa shape index (κ1) is 25.9. The van der Waals surface area contributed by atoms with E-state index in [-0.39, 0.29) is 11.7 Å². The van der Waals surface area contributed by atoms with Gasteiger partial charge in [-0.05, 0) is 30.9 Å². The van der Waals surface area contributed by atoms with Crippen molar-refractivity contribution in [2.45, 2.75) is 62.7 Å². The van der Waals surface area contributed by atoms with Crippen molar-refractivity contribution in [1.82, 2.24) is 19.5 Å². The van der Waals surface area contributed by atoms with Gasteiger partial charge in [-0.1, -0.05) is 12.8 Å². The number of hydrogen-bond donors (Lipinski definition) is 5. The van der Waals surface area contributed by atoms with E-state index >= 15 is 0 Å². The quantitative estimate of drug-likeness (QED) is 0.239. The number of aliphatic hydroxyl groups excluding tert-OH is 2. The zero-order chi connectivity index (χ0) is 24.8. The van der Waals surface area contributed by atoms with Gasteiger partial charge in [-0.25, -0.2) is 4.98 Å². The lowest BCUT2D eigenvalue weighted by molar-refractivity contribution is -0.0354. The van der Waals surface area contributed by atoms with E-state index in [9.17, 15) is 24.2 Å². The van der Waals surface area contributed by atoms with E-state index in [1.54, 1.807) is 0 Å². The van der Waals surface area contributed by atoms with Crippen LogP contribution in [0, 0.1) is 0 Å². The molecule has 1 saturated carbocycles. The molecule has 34 heavy (non-hydrogen) atoms. The largest absolute Gasteiger partial charge is 0.388 e. The van der Waals surface area contributed by atoms with E-state index in [4.69, 9.17) is 26.1 Å². The van der Waals surface area contributed by atoms with E-state index < -0.39 is 51.6 Å². The van der Waals surface area contributed by atoms with E-state index in [2.05, 4.69) is 15.0 Å². The van der Waals surface area contributed by atoms with Crippen molar-refractivity contribution in [3.05, 3.63) is 11.6 Å². The first-order chi connectivity index (χ1) is 15.9. The summed E-state index contributed by atoms with van der Waals surface area (Å²) < 4.78 is 30.4. The van der Waals surface area contributed by atoms with Crippen molar-refractivity contribution in [1.29, 1.82) is 0 Å². The molecule has 5 atom stereocenters. The van der Waals surface area contributed by atoms with Gasteiger partial charge in [0, 0.05) is 19.3 Å². The van der Waals surface area contributed by atoms with Gasteiger partial charge < -0.3 is 34.5 Å². The Labute approximate surface area is 200 Å². The second-order valence-corrected chi connectivity index (χ2v) is 13.8. The molecule has 2 aromatic heterocycles. The Morgan fingerprint density at radius 2 is 1.85 bits per heavy atom. The Bertz CT molecular complexity index is 1140. The molecular weight excluding hydrogens is 512 g/mol. The Balaban J connectivity index is 1.56. The van der Waals surface area contributed by atoms with Crippen molar-refractivity contribution >= 4 is 43.5 Å². The maximum Gasteiger partial charge on any atom is 0.335 e. The molecule has 1 aliphatic carbocycles. The highest BCUT2D eigenvalue weighted by Gasteiger charge is 2.45. The number of aromatic nitrogens is 4. The Morgan fingerprint density at radius 1 is 1.18 bits per heavy atom. The predicted molar refractivity (Wildman–Crippen MR) is 123 cm³/mol. The standard InChI is InChI=1S/C18H28ClN5O8P2/c1-23(10-4-2-3-5-10)15-12-16(22-18(19)21-15)24(8-20-12)17-14(26)13(25)11(32-17)6-7-33(27,28)9-34(29,30)31/h8,10-11,13-14,17,25-26H,2-7,9H2,1H3,(H,27,28)(H2,29,30,31)/t11-,13?,14?,17-/m1/s1. The van der Waals surface area contributed by atoms with Gasteiger partial charge in [0.2, 0.25) is 12.7 Å².